The fourth-order valence-corrected chi connectivity index (χ4v) is 4.58. The molecule has 0 saturated heterocycles. The number of anilines is 2. The van der Waals surface area contributed by atoms with Gasteiger partial charge in [0.05, 0.1) is 22.6 Å². The van der Waals surface area contributed by atoms with E-state index in [-0.39, 0.29) is 22.0 Å². The maximum Gasteiger partial charge on any atom is 0.337 e. The number of carbonyl (C=O) groups is 1. The third-order valence-corrected chi connectivity index (χ3v) is 6.31. The summed E-state index contributed by atoms with van der Waals surface area (Å²) in [7, 11) is 0. The van der Waals surface area contributed by atoms with Crippen LogP contribution in [0.1, 0.15) is 45.6 Å². The molecule has 0 amide bonds. The van der Waals surface area contributed by atoms with Gasteiger partial charge in [0, 0.05) is 24.3 Å². The van der Waals surface area contributed by atoms with Gasteiger partial charge in [-0.15, -0.1) is 0 Å². The number of hydrogen-bond acceptors (Lipinski definition) is 5. The predicted octanol–water partition coefficient (Wildman–Crippen LogP) is 5.63. The molecule has 4 aromatic rings. The summed E-state index contributed by atoms with van der Waals surface area (Å²) in [5.41, 5.74) is 3.70. The van der Waals surface area contributed by atoms with Crippen molar-refractivity contribution in [3.63, 3.8) is 0 Å². The van der Waals surface area contributed by atoms with Crippen molar-refractivity contribution < 1.29 is 18.7 Å². The van der Waals surface area contributed by atoms with Gasteiger partial charge in [0.15, 0.2) is 5.43 Å². The van der Waals surface area contributed by atoms with E-state index in [1.54, 1.807) is 32.0 Å². The Morgan fingerprint density at radius 1 is 1.09 bits per heavy atom. The lowest BCUT2D eigenvalue weighted by atomic mass is 10.0. The van der Waals surface area contributed by atoms with Crippen LogP contribution in [-0.2, 0) is 13.1 Å². The molecule has 1 atom stereocenters. The van der Waals surface area contributed by atoms with E-state index in [0.717, 1.165) is 0 Å². The van der Waals surface area contributed by atoms with Gasteiger partial charge in [-0.2, -0.15) is 0 Å². The van der Waals surface area contributed by atoms with E-state index in [1.165, 1.54) is 29.3 Å². The first-order chi connectivity index (χ1) is 16.3. The number of carboxylic acids is 1. The lowest BCUT2D eigenvalue weighted by Gasteiger charge is -2.22. The van der Waals surface area contributed by atoms with Crippen LogP contribution in [0.25, 0.3) is 11.0 Å². The van der Waals surface area contributed by atoms with Crippen molar-refractivity contribution in [1.29, 1.82) is 0 Å². The van der Waals surface area contributed by atoms with Crippen LogP contribution in [0, 0.1) is 12.7 Å². The second-order valence-corrected chi connectivity index (χ2v) is 8.57. The molecule has 2 N–H and O–H groups in total. The van der Waals surface area contributed by atoms with Crippen molar-refractivity contribution in [3.8, 4) is 0 Å². The molecule has 0 bridgehead atoms. The summed E-state index contributed by atoms with van der Waals surface area (Å²) in [6, 6.07) is 16.5. The second-order valence-electron chi connectivity index (χ2n) is 8.57. The quantitative estimate of drug-likeness (QED) is 0.403. The first-order valence-electron chi connectivity index (χ1n) is 11.0. The molecule has 34 heavy (non-hydrogen) atoms. The van der Waals surface area contributed by atoms with E-state index in [9.17, 15) is 19.1 Å². The zero-order valence-electron chi connectivity index (χ0n) is 18.8. The molecule has 2 heterocycles. The van der Waals surface area contributed by atoms with Gasteiger partial charge in [-0.1, -0.05) is 36.4 Å². The highest BCUT2D eigenvalue weighted by Crippen LogP contribution is 2.35. The Kier molecular flexibility index (Phi) is 5.32. The maximum absolute atomic E-state index is 14.6. The molecule has 3 aromatic carbocycles. The average molecular weight is 458 g/mol. The summed E-state index contributed by atoms with van der Waals surface area (Å²) in [5, 5.41) is 12.8. The number of rotatable bonds is 5. The summed E-state index contributed by atoms with van der Waals surface area (Å²) in [5.74, 6) is -1.17. The molecule has 6 nitrogen and oxygen atoms in total. The molecule has 1 aliphatic rings. The van der Waals surface area contributed by atoms with Gasteiger partial charge in [0.2, 0.25) is 5.88 Å². The fourth-order valence-electron chi connectivity index (χ4n) is 4.58. The third kappa shape index (κ3) is 3.69. The molecule has 0 aliphatic carbocycles. The summed E-state index contributed by atoms with van der Waals surface area (Å²) in [6.07, 6.45) is 0. The fraction of sp³-hybridized carbons (Fsp3) is 0.185. The van der Waals surface area contributed by atoms with Crippen LogP contribution in [0.4, 0.5) is 16.0 Å². The lowest BCUT2D eigenvalue weighted by molar-refractivity contribution is 0.0698. The zero-order chi connectivity index (χ0) is 24.0. The Hall–Kier alpha value is -4.13. The zero-order valence-corrected chi connectivity index (χ0v) is 18.8. The third-order valence-electron chi connectivity index (χ3n) is 6.31. The molecule has 7 heteroatoms. The van der Waals surface area contributed by atoms with Crippen LogP contribution in [0.15, 0.2) is 69.9 Å². The minimum Gasteiger partial charge on any atom is -0.478 e. The van der Waals surface area contributed by atoms with Gasteiger partial charge in [-0.05, 0) is 49.2 Å². The molecule has 5 rings (SSSR count). The highest BCUT2D eigenvalue weighted by Gasteiger charge is 2.26. The van der Waals surface area contributed by atoms with Gasteiger partial charge in [0.25, 0.3) is 0 Å². The number of nitrogens with zero attached hydrogens (tertiary/aromatic N) is 1. The number of para-hydroxylation sites is 1. The number of carboxylic acid groups (broad SMARTS) is 1. The normalized spacial score (nSPS) is 13.7. The monoisotopic (exact) mass is 458 g/mol. The van der Waals surface area contributed by atoms with Crippen LogP contribution in [0.5, 0.6) is 0 Å². The van der Waals surface area contributed by atoms with E-state index >= 15 is 0 Å². The summed E-state index contributed by atoms with van der Waals surface area (Å²) < 4.78 is 20.9. The first-order valence-corrected chi connectivity index (χ1v) is 11.0. The van der Waals surface area contributed by atoms with Crippen molar-refractivity contribution in [1.82, 2.24) is 0 Å². The number of halogens is 1. The topological polar surface area (TPSA) is 82.8 Å². The largest absolute Gasteiger partial charge is 0.478 e. The molecule has 0 fully saturated rings. The number of benzene rings is 3. The highest BCUT2D eigenvalue weighted by atomic mass is 19.1. The van der Waals surface area contributed by atoms with E-state index < -0.39 is 17.8 Å². The molecule has 0 radical (unpaired) electrons. The Morgan fingerprint density at radius 3 is 2.41 bits per heavy atom. The second kappa shape index (κ2) is 8.33. The molecule has 1 aliphatic heterocycles. The minimum absolute atomic E-state index is 0.0999. The maximum atomic E-state index is 14.6. The minimum atomic E-state index is -1.07. The Bertz CT molecular complexity index is 1470. The molecule has 0 saturated carbocycles. The van der Waals surface area contributed by atoms with Gasteiger partial charge in [-0.25, -0.2) is 9.18 Å². The average Bonchev–Trinajstić information content (AvgIpc) is 3.25. The number of fused-ring (bicyclic) bond motifs is 2. The first kappa shape index (κ1) is 21.7. The van der Waals surface area contributed by atoms with E-state index in [0.29, 0.717) is 35.8 Å². The van der Waals surface area contributed by atoms with Crippen molar-refractivity contribution in [2.75, 3.05) is 10.2 Å². The van der Waals surface area contributed by atoms with Crippen molar-refractivity contribution in [2.45, 2.75) is 33.0 Å². The highest BCUT2D eigenvalue weighted by molar-refractivity contribution is 5.94. The summed E-state index contributed by atoms with van der Waals surface area (Å²) >= 11 is 0. The predicted molar refractivity (Wildman–Crippen MR) is 129 cm³/mol. The molecule has 0 spiro atoms. The van der Waals surface area contributed by atoms with Gasteiger partial charge in [-0.3, -0.25) is 4.79 Å². The van der Waals surface area contributed by atoms with E-state index in [1.807, 2.05) is 17.0 Å². The van der Waals surface area contributed by atoms with Crippen LogP contribution in [-0.4, -0.2) is 11.1 Å². The van der Waals surface area contributed by atoms with Crippen molar-refractivity contribution in [2.24, 2.45) is 0 Å². The smallest absolute Gasteiger partial charge is 0.337 e. The Balaban J connectivity index is 1.60. The number of aromatic carboxylic acids is 1. The van der Waals surface area contributed by atoms with E-state index in [4.69, 9.17) is 4.42 Å². The van der Waals surface area contributed by atoms with Gasteiger partial charge in [0.1, 0.15) is 11.4 Å². The summed E-state index contributed by atoms with van der Waals surface area (Å²) in [4.78, 5) is 26.9. The number of hydrogen-bond donors (Lipinski definition) is 2. The van der Waals surface area contributed by atoms with Gasteiger partial charge >= 0.3 is 5.97 Å². The van der Waals surface area contributed by atoms with Crippen LogP contribution >= 0.6 is 0 Å². The molecule has 1 aromatic heterocycles. The van der Waals surface area contributed by atoms with Gasteiger partial charge < -0.3 is 19.7 Å². The van der Waals surface area contributed by atoms with Crippen LogP contribution in [0.3, 0.4) is 0 Å². The molecular formula is C27H23FN2O4. The van der Waals surface area contributed by atoms with Crippen molar-refractivity contribution >= 4 is 28.5 Å². The standard InChI is InChI=1S/C27H23FN2O4/c1-15-24(31)22-12-19(28)11-21(16(2)29-23-10-6-5-9-20(23)27(32)33)25(22)34-26(15)30-13-17-7-3-4-8-18(17)14-30/h3-12,16,29H,13-14H2,1-2H3,(H,32,33). The number of nitrogens with one attached hydrogen (secondary N) is 1. The summed E-state index contributed by atoms with van der Waals surface area (Å²) in [6.45, 7) is 4.70. The Labute approximate surface area is 195 Å². The van der Waals surface area contributed by atoms with Crippen LogP contribution in [0.2, 0.25) is 0 Å². The van der Waals surface area contributed by atoms with Crippen LogP contribution < -0.4 is 15.6 Å². The van der Waals surface area contributed by atoms with E-state index in [2.05, 4.69) is 17.4 Å². The Morgan fingerprint density at radius 2 is 1.74 bits per heavy atom. The lowest BCUT2D eigenvalue weighted by Crippen LogP contribution is -2.20. The van der Waals surface area contributed by atoms with Crippen molar-refractivity contribution in [3.05, 3.63) is 105 Å². The molecule has 172 valence electrons. The molecule has 1 unspecified atom stereocenters. The molecular weight excluding hydrogens is 435 g/mol. The SMILES string of the molecule is Cc1c(N2Cc3ccccc3C2)oc2c(C(C)Nc3ccccc3C(=O)O)cc(F)cc2c1=O.